The standard InChI is InChI=1S/C9H10Cl/c1-2-9(10)8-6-4-3-5-7-8/h3-7H,2H2,1H3. The Hall–Kier alpha value is -0.490. The third kappa shape index (κ3) is 1.74. The minimum atomic E-state index is 0.908. The number of rotatable bonds is 2. The molecule has 0 nitrogen and oxygen atoms in total. The Morgan fingerprint density at radius 3 is 2.40 bits per heavy atom. The van der Waals surface area contributed by atoms with Gasteiger partial charge in [0.15, 0.2) is 0 Å². The van der Waals surface area contributed by atoms with E-state index in [0.717, 1.165) is 17.4 Å². The van der Waals surface area contributed by atoms with Gasteiger partial charge in [0, 0.05) is 0 Å². The molecule has 0 aliphatic rings. The molecule has 0 saturated carbocycles. The largest absolute Gasteiger partial charge is 0.112 e. The summed E-state index contributed by atoms with van der Waals surface area (Å²) in [5.74, 6) is 0. The van der Waals surface area contributed by atoms with Crippen molar-refractivity contribution in [2.24, 2.45) is 0 Å². The molecule has 0 heterocycles. The number of hydrogen-bond acceptors (Lipinski definition) is 0. The zero-order valence-electron chi connectivity index (χ0n) is 5.97. The van der Waals surface area contributed by atoms with Crippen LogP contribution < -0.4 is 0 Å². The molecule has 0 spiro atoms. The van der Waals surface area contributed by atoms with Gasteiger partial charge in [-0.05, 0) is 12.0 Å². The van der Waals surface area contributed by atoms with Crippen LogP contribution in [-0.4, -0.2) is 0 Å². The molecule has 1 aromatic carbocycles. The first kappa shape index (κ1) is 7.62. The quantitative estimate of drug-likeness (QED) is 0.612. The summed E-state index contributed by atoms with van der Waals surface area (Å²) >= 11 is 5.91. The van der Waals surface area contributed by atoms with Crippen molar-refractivity contribution in [2.75, 3.05) is 0 Å². The summed E-state index contributed by atoms with van der Waals surface area (Å²) in [6.45, 7) is 2.05. The molecule has 0 atom stereocenters. The highest BCUT2D eigenvalue weighted by Gasteiger charge is 2.02. The van der Waals surface area contributed by atoms with Gasteiger partial charge in [-0.2, -0.15) is 0 Å². The van der Waals surface area contributed by atoms with Gasteiger partial charge in [0.05, 0.1) is 5.38 Å². The second-order valence-corrected chi connectivity index (χ2v) is 2.58. The summed E-state index contributed by atoms with van der Waals surface area (Å²) in [6.07, 6.45) is 0.908. The lowest BCUT2D eigenvalue weighted by Crippen LogP contribution is -1.86. The monoisotopic (exact) mass is 153 g/mol. The molecule has 0 aliphatic carbocycles. The molecule has 1 aromatic rings. The van der Waals surface area contributed by atoms with Crippen LogP contribution in [0.25, 0.3) is 0 Å². The zero-order chi connectivity index (χ0) is 7.40. The molecule has 0 aromatic heterocycles. The Morgan fingerprint density at radius 1 is 1.30 bits per heavy atom. The normalized spacial score (nSPS) is 10.3. The lowest BCUT2D eigenvalue weighted by molar-refractivity contribution is 1.08. The van der Waals surface area contributed by atoms with Crippen molar-refractivity contribution in [1.29, 1.82) is 0 Å². The van der Waals surface area contributed by atoms with Crippen LogP contribution >= 0.6 is 11.6 Å². The predicted molar refractivity (Wildman–Crippen MR) is 44.9 cm³/mol. The van der Waals surface area contributed by atoms with Crippen LogP contribution in [0, 0.1) is 5.38 Å². The van der Waals surface area contributed by atoms with E-state index in [4.69, 9.17) is 11.6 Å². The molecular weight excluding hydrogens is 144 g/mol. The Morgan fingerprint density at radius 2 is 1.90 bits per heavy atom. The van der Waals surface area contributed by atoms with Crippen molar-refractivity contribution in [2.45, 2.75) is 13.3 Å². The van der Waals surface area contributed by atoms with Crippen LogP contribution in [0.4, 0.5) is 0 Å². The summed E-state index contributed by atoms with van der Waals surface area (Å²) in [4.78, 5) is 0. The fourth-order valence-electron chi connectivity index (χ4n) is 0.823. The molecule has 0 unspecified atom stereocenters. The van der Waals surface area contributed by atoms with E-state index < -0.39 is 0 Å². The van der Waals surface area contributed by atoms with Crippen LogP contribution in [0.15, 0.2) is 30.3 Å². The van der Waals surface area contributed by atoms with Crippen LogP contribution in [0.5, 0.6) is 0 Å². The molecule has 10 heavy (non-hydrogen) atoms. The van der Waals surface area contributed by atoms with Gasteiger partial charge in [-0.15, -0.1) is 11.6 Å². The topological polar surface area (TPSA) is 0 Å². The highest BCUT2D eigenvalue weighted by molar-refractivity contribution is 6.29. The van der Waals surface area contributed by atoms with E-state index in [1.807, 2.05) is 30.3 Å². The highest BCUT2D eigenvalue weighted by Crippen LogP contribution is 2.21. The van der Waals surface area contributed by atoms with Crippen molar-refractivity contribution >= 4 is 11.6 Å². The average Bonchev–Trinajstić information content (AvgIpc) is 2.05. The predicted octanol–water partition coefficient (Wildman–Crippen LogP) is 3.22. The van der Waals surface area contributed by atoms with E-state index in [1.165, 1.54) is 0 Å². The van der Waals surface area contributed by atoms with Crippen LogP contribution in [0.1, 0.15) is 18.9 Å². The van der Waals surface area contributed by atoms with E-state index in [0.29, 0.717) is 0 Å². The van der Waals surface area contributed by atoms with Gasteiger partial charge >= 0.3 is 0 Å². The lowest BCUT2D eigenvalue weighted by Gasteiger charge is -2.03. The molecule has 1 heteroatoms. The van der Waals surface area contributed by atoms with Gasteiger partial charge in [-0.1, -0.05) is 37.3 Å². The summed E-state index contributed by atoms with van der Waals surface area (Å²) in [5.41, 5.74) is 1.13. The summed E-state index contributed by atoms with van der Waals surface area (Å²) in [7, 11) is 0. The molecule has 0 aliphatic heterocycles. The minimum Gasteiger partial charge on any atom is -0.112 e. The number of hydrogen-bond donors (Lipinski definition) is 0. The van der Waals surface area contributed by atoms with Crippen molar-refractivity contribution in [3.05, 3.63) is 41.3 Å². The van der Waals surface area contributed by atoms with Crippen LogP contribution in [0.2, 0.25) is 0 Å². The van der Waals surface area contributed by atoms with E-state index in [9.17, 15) is 0 Å². The molecule has 53 valence electrons. The Kier molecular flexibility index (Phi) is 2.76. The molecular formula is C9H10Cl. The highest BCUT2D eigenvalue weighted by atomic mass is 35.5. The fourth-order valence-corrected chi connectivity index (χ4v) is 0.949. The van der Waals surface area contributed by atoms with Crippen molar-refractivity contribution in [1.82, 2.24) is 0 Å². The minimum absolute atomic E-state index is 0.908. The molecule has 0 saturated heterocycles. The Labute approximate surface area is 66.8 Å². The van der Waals surface area contributed by atoms with E-state index in [2.05, 4.69) is 6.92 Å². The smallest absolute Gasteiger partial charge is 0.0924 e. The molecule has 1 rings (SSSR count). The first-order valence-corrected chi connectivity index (χ1v) is 3.79. The van der Waals surface area contributed by atoms with E-state index >= 15 is 0 Å². The zero-order valence-corrected chi connectivity index (χ0v) is 6.73. The number of benzene rings is 1. The lowest BCUT2D eigenvalue weighted by atomic mass is 10.1. The third-order valence-corrected chi connectivity index (χ3v) is 1.88. The van der Waals surface area contributed by atoms with Crippen molar-refractivity contribution in [3.63, 3.8) is 0 Å². The van der Waals surface area contributed by atoms with E-state index in [-0.39, 0.29) is 0 Å². The van der Waals surface area contributed by atoms with Gasteiger partial charge in [0.2, 0.25) is 0 Å². The third-order valence-electron chi connectivity index (χ3n) is 1.40. The Bertz CT molecular complexity index is 181. The second-order valence-electron chi connectivity index (χ2n) is 2.12. The van der Waals surface area contributed by atoms with E-state index in [1.54, 1.807) is 0 Å². The molecule has 0 N–H and O–H groups in total. The van der Waals surface area contributed by atoms with Gasteiger partial charge < -0.3 is 0 Å². The summed E-state index contributed by atoms with van der Waals surface area (Å²) in [6, 6.07) is 10.0. The maximum atomic E-state index is 5.91. The van der Waals surface area contributed by atoms with Crippen molar-refractivity contribution < 1.29 is 0 Å². The van der Waals surface area contributed by atoms with Crippen molar-refractivity contribution in [3.8, 4) is 0 Å². The molecule has 0 fully saturated rings. The van der Waals surface area contributed by atoms with Gasteiger partial charge in [-0.25, -0.2) is 0 Å². The summed E-state index contributed by atoms with van der Waals surface area (Å²) < 4.78 is 0. The fraction of sp³-hybridized carbons (Fsp3) is 0.222. The maximum absolute atomic E-state index is 5.91. The number of halogens is 1. The molecule has 0 bridgehead atoms. The van der Waals surface area contributed by atoms with Gasteiger partial charge in [0.25, 0.3) is 0 Å². The van der Waals surface area contributed by atoms with Gasteiger partial charge in [0.1, 0.15) is 0 Å². The molecule has 1 radical (unpaired) electrons. The molecule has 0 amide bonds. The summed E-state index contributed by atoms with van der Waals surface area (Å²) in [5, 5.41) is 0.931. The van der Waals surface area contributed by atoms with Gasteiger partial charge in [-0.3, -0.25) is 0 Å². The first-order valence-electron chi connectivity index (χ1n) is 3.41. The first-order chi connectivity index (χ1) is 4.84. The Balaban J connectivity index is 2.75. The maximum Gasteiger partial charge on any atom is 0.0924 e. The van der Waals surface area contributed by atoms with Crippen LogP contribution in [-0.2, 0) is 0 Å². The second kappa shape index (κ2) is 3.62. The SMILES string of the molecule is CC[C](Cl)c1ccccc1. The average molecular weight is 154 g/mol. The van der Waals surface area contributed by atoms with Crippen LogP contribution in [0.3, 0.4) is 0 Å².